The standard InChI is InChI=1S/C22H24N2O/c1-22(25,24-21-13-3-2-8-14-23-21)20-15-16-9-4-5-10-17(16)18-11-6-7-12-19(18)20/h4-7,9-12,15,25H,2-3,8,13-14H2,1H3,(H,23,24). The van der Waals surface area contributed by atoms with E-state index in [2.05, 4.69) is 52.8 Å². The minimum atomic E-state index is -1.16. The van der Waals surface area contributed by atoms with Crippen LogP contribution in [0.5, 0.6) is 0 Å². The largest absolute Gasteiger partial charge is 0.367 e. The Hall–Kier alpha value is -2.39. The first-order valence-corrected chi connectivity index (χ1v) is 9.10. The van der Waals surface area contributed by atoms with Crippen molar-refractivity contribution in [2.75, 3.05) is 6.54 Å². The summed E-state index contributed by atoms with van der Waals surface area (Å²) in [7, 11) is 0. The Balaban J connectivity index is 1.84. The number of fused-ring (bicyclic) bond motifs is 3. The summed E-state index contributed by atoms with van der Waals surface area (Å²) in [6.45, 7) is 2.67. The number of nitrogens with one attached hydrogen (secondary N) is 1. The molecule has 3 nitrogen and oxygen atoms in total. The third-order valence-electron chi connectivity index (χ3n) is 5.05. The highest BCUT2D eigenvalue weighted by Gasteiger charge is 2.27. The van der Waals surface area contributed by atoms with Crippen LogP contribution in [0.2, 0.25) is 0 Å². The van der Waals surface area contributed by atoms with Gasteiger partial charge in [-0.2, -0.15) is 0 Å². The Labute approximate surface area is 148 Å². The Bertz CT molecular complexity index is 943. The Kier molecular flexibility index (Phi) is 4.18. The molecule has 0 aromatic heterocycles. The number of amidine groups is 1. The van der Waals surface area contributed by atoms with E-state index in [1.165, 1.54) is 17.2 Å². The Morgan fingerprint density at radius 2 is 1.64 bits per heavy atom. The predicted octanol–water partition coefficient (Wildman–Crippen LogP) is 4.72. The maximum atomic E-state index is 11.3. The molecule has 128 valence electrons. The van der Waals surface area contributed by atoms with E-state index in [0.29, 0.717) is 0 Å². The van der Waals surface area contributed by atoms with Crippen LogP contribution >= 0.6 is 0 Å². The molecule has 0 bridgehead atoms. The third-order valence-corrected chi connectivity index (χ3v) is 5.05. The number of hydrogen-bond donors (Lipinski definition) is 2. The molecule has 3 aromatic rings. The second kappa shape index (κ2) is 6.49. The number of aliphatic hydroxyl groups is 1. The zero-order chi connectivity index (χ0) is 17.3. The smallest absolute Gasteiger partial charge is 0.160 e. The van der Waals surface area contributed by atoms with Crippen molar-refractivity contribution in [2.45, 2.75) is 38.3 Å². The summed E-state index contributed by atoms with van der Waals surface area (Å²) in [6.07, 6.45) is 4.37. The van der Waals surface area contributed by atoms with E-state index in [-0.39, 0.29) is 0 Å². The molecule has 1 unspecified atom stereocenters. The molecular formula is C22H24N2O. The summed E-state index contributed by atoms with van der Waals surface area (Å²) in [5.41, 5.74) is -0.263. The number of nitrogens with zero attached hydrogens (tertiary/aromatic N) is 1. The SMILES string of the molecule is CC(O)(NC1=NCCCCC1)c1cc2ccccc2c2ccccc12. The Morgan fingerprint density at radius 3 is 2.48 bits per heavy atom. The first kappa shape index (κ1) is 16.1. The first-order chi connectivity index (χ1) is 12.1. The lowest BCUT2D eigenvalue weighted by atomic mass is 9.92. The Morgan fingerprint density at radius 1 is 0.920 bits per heavy atom. The summed E-state index contributed by atoms with van der Waals surface area (Å²) in [4.78, 5) is 4.62. The van der Waals surface area contributed by atoms with Crippen molar-refractivity contribution in [3.63, 3.8) is 0 Å². The van der Waals surface area contributed by atoms with Gasteiger partial charge in [0, 0.05) is 18.5 Å². The fourth-order valence-corrected chi connectivity index (χ4v) is 3.78. The molecule has 1 heterocycles. The maximum Gasteiger partial charge on any atom is 0.160 e. The minimum absolute atomic E-state index is 0.844. The molecule has 0 spiro atoms. The van der Waals surface area contributed by atoms with E-state index in [0.717, 1.165) is 48.0 Å². The average Bonchev–Trinajstić information content (AvgIpc) is 2.89. The van der Waals surface area contributed by atoms with Gasteiger partial charge in [-0.05, 0) is 47.4 Å². The van der Waals surface area contributed by atoms with E-state index < -0.39 is 5.72 Å². The summed E-state index contributed by atoms with van der Waals surface area (Å²) in [6, 6.07) is 18.7. The van der Waals surface area contributed by atoms with Crippen molar-refractivity contribution in [2.24, 2.45) is 4.99 Å². The summed E-state index contributed by atoms with van der Waals surface area (Å²) in [5, 5.41) is 19.2. The van der Waals surface area contributed by atoms with Gasteiger partial charge < -0.3 is 10.4 Å². The van der Waals surface area contributed by atoms with Crippen LogP contribution in [-0.4, -0.2) is 17.5 Å². The van der Waals surface area contributed by atoms with Gasteiger partial charge in [-0.3, -0.25) is 4.99 Å². The molecule has 0 fully saturated rings. The summed E-state index contributed by atoms with van der Waals surface area (Å²) >= 11 is 0. The van der Waals surface area contributed by atoms with Crippen LogP contribution in [0.3, 0.4) is 0 Å². The second-order valence-electron chi connectivity index (χ2n) is 7.03. The lowest BCUT2D eigenvalue weighted by Crippen LogP contribution is -2.43. The minimum Gasteiger partial charge on any atom is -0.367 e. The van der Waals surface area contributed by atoms with Crippen molar-refractivity contribution in [1.82, 2.24) is 5.32 Å². The monoisotopic (exact) mass is 332 g/mol. The molecule has 0 saturated carbocycles. The van der Waals surface area contributed by atoms with Crippen LogP contribution in [0.1, 0.15) is 38.2 Å². The van der Waals surface area contributed by atoms with Gasteiger partial charge in [0.2, 0.25) is 0 Å². The lowest BCUT2D eigenvalue weighted by Gasteiger charge is -2.29. The quantitative estimate of drug-likeness (QED) is 0.527. The molecule has 0 radical (unpaired) electrons. The van der Waals surface area contributed by atoms with Gasteiger partial charge in [0.25, 0.3) is 0 Å². The zero-order valence-electron chi connectivity index (χ0n) is 14.6. The average molecular weight is 332 g/mol. The van der Waals surface area contributed by atoms with Crippen molar-refractivity contribution < 1.29 is 5.11 Å². The van der Waals surface area contributed by atoms with E-state index in [1.54, 1.807) is 0 Å². The van der Waals surface area contributed by atoms with Gasteiger partial charge in [-0.25, -0.2) is 0 Å². The molecule has 4 rings (SSSR count). The third kappa shape index (κ3) is 3.12. The highest BCUT2D eigenvalue weighted by molar-refractivity contribution is 6.09. The van der Waals surface area contributed by atoms with Gasteiger partial charge in [0.05, 0.1) is 5.84 Å². The molecule has 25 heavy (non-hydrogen) atoms. The molecule has 0 aliphatic carbocycles. The van der Waals surface area contributed by atoms with Crippen molar-refractivity contribution in [3.8, 4) is 0 Å². The summed E-state index contributed by atoms with van der Waals surface area (Å²) in [5.74, 6) is 0.916. The fourth-order valence-electron chi connectivity index (χ4n) is 3.78. The zero-order valence-corrected chi connectivity index (χ0v) is 14.6. The van der Waals surface area contributed by atoms with Crippen molar-refractivity contribution >= 4 is 27.4 Å². The topological polar surface area (TPSA) is 44.6 Å². The molecule has 1 aliphatic heterocycles. The molecule has 0 saturated heterocycles. The predicted molar refractivity (Wildman–Crippen MR) is 105 cm³/mol. The summed E-state index contributed by atoms with van der Waals surface area (Å²) < 4.78 is 0. The maximum absolute atomic E-state index is 11.3. The number of hydrogen-bond acceptors (Lipinski definition) is 3. The number of aliphatic imine (C=N–C) groups is 1. The van der Waals surface area contributed by atoms with Gasteiger partial charge >= 0.3 is 0 Å². The van der Waals surface area contributed by atoms with E-state index in [9.17, 15) is 5.11 Å². The van der Waals surface area contributed by atoms with Crippen molar-refractivity contribution in [1.29, 1.82) is 0 Å². The van der Waals surface area contributed by atoms with E-state index in [1.807, 2.05) is 19.1 Å². The number of rotatable bonds is 2. The molecule has 2 N–H and O–H groups in total. The normalized spacial score (nSPS) is 17.8. The van der Waals surface area contributed by atoms with Gasteiger partial charge in [0.15, 0.2) is 5.72 Å². The van der Waals surface area contributed by atoms with Crippen LogP contribution in [0.15, 0.2) is 59.6 Å². The van der Waals surface area contributed by atoms with Crippen LogP contribution in [-0.2, 0) is 5.72 Å². The lowest BCUT2D eigenvalue weighted by molar-refractivity contribution is 0.0420. The highest BCUT2D eigenvalue weighted by atomic mass is 16.3. The molecule has 1 aliphatic rings. The molecular weight excluding hydrogens is 308 g/mol. The van der Waals surface area contributed by atoms with Crippen LogP contribution < -0.4 is 5.32 Å². The first-order valence-electron chi connectivity index (χ1n) is 9.10. The van der Waals surface area contributed by atoms with E-state index >= 15 is 0 Å². The molecule has 0 amide bonds. The van der Waals surface area contributed by atoms with Gasteiger partial charge in [-0.1, -0.05) is 55.0 Å². The van der Waals surface area contributed by atoms with Gasteiger partial charge in [0.1, 0.15) is 0 Å². The fraction of sp³-hybridized carbons (Fsp3) is 0.318. The number of benzene rings is 3. The van der Waals surface area contributed by atoms with Crippen LogP contribution in [0.4, 0.5) is 0 Å². The molecule has 3 aromatic carbocycles. The van der Waals surface area contributed by atoms with Crippen LogP contribution in [0, 0.1) is 0 Å². The van der Waals surface area contributed by atoms with E-state index in [4.69, 9.17) is 0 Å². The molecule has 3 heteroatoms. The van der Waals surface area contributed by atoms with Gasteiger partial charge in [-0.15, -0.1) is 0 Å². The van der Waals surface area contributed by atoms with Crippen LogP contribution in [0.25, 0.3) is 21.5 Å². The van der Waals surface area contributed by atoms with Crippen molar-refractivity contribution in [3.05, 3.63) is 60.2 Å². The highest BCUT2D eigenvalue weighted by Crippen LogP contribution is 2.33. The second-order valence-corrected chi connectivity index (χ2v) is 7.03. The molecule has 1 atom stereocenters.